The summed E-state index contributed by atoms with van der Waals surface area (Å²) in [5.74, 6) is -1.31. The Morgan fingerprint density at radius 3 is 2.24 bits per heavy atom. The van der Waals surface area contributed by atoms with Crippen LogP contribution >= 0.6 is 0 Å². The van der Waals surface area contributed by atoms with Crippen LogP contribution in [0, 0.1) is 11.6 Å². The van der Waals surface area contributed by atoms with Crippen LogP contribution in [0.1, 0.15) is 19.4 Å². The second kappa shape index (κ2) is 5.77. The topological polar surface area (TPSA) is 23.5 Å². The standard InChI is InChI=1S/C13H17F2NO/c1-4-16(7-9(2)3)13-11(14)5-10(8-17)6-12(13)15/h5-6,17H,2,4,7-8H2,1,3H3. The van der Waals surface area contributed by atoms with E-state index in [9.17, 15) is 8.78 Å². The quantitative estimate of drug-likeness (QED) is 0.801. The Kier molecular flexibility index (Phi) is 4.63. The first-order chi connectivity index (χ1) is 7.99. The van der Waals surface area contributed by atoms with Crippen molar-refractivity contribution in [2.75, 3.05) is 18.0 Å². The molecule has 94 valence electrons. The van der Waals surface area contributed by atoms with Crippen molar-refractivity contribution in [2.45, 2.75) is 20.5 Å². The highest BCUT2D eigenvalue weighted by molar-refractivity contribution is 5.51. The average molecular weight is 241 g/mol. The lowest BCUT2D eigenvalue weighted by molar-refractivity contribution is 0.280. The number of aliphatic hydroxyl groups is 1. The van der Waals surface area contributed by atoms with Crippen LogP contribution < -0.4 is 4.90 Å². The van der Waals surface area contributed by atoms with Gasteiger partial charge in [-0.2, -0.15) is 0 Å². The van der Waals surface area contributed by atoms with Crippen LogP contribution in [0.15, 0.2) is 24.3 Å². The lowest BCUT2D eigenvalue weighted by Crippen LogP contribution is -2.26. The van der Waals surface area contributed by atoms with Crippen LogP contribution in [0.5, 0.6) is 0 Å². The summed E-state index contributed by atoms with van der Waals surface area (Å²) in [5.41, 5.74) is 1.000. The summed E-state index contributed by atoms with van der Waals surface area (Å²) >= 11 is 0. The number of benzene rings is 1. The van der Waals surface area contributed by atoms with Crippen molar-refractivity contribution in [3.8, 4) is 0 Å². The van der Waals surface area contributed by atoms with E-state index in [1.807, 2.05) is 6.92 Å². The van der Waals surface area contributed by atoms with Crippen molar-refractivity contribution < 1.29 is 13.9 Å². The molecule has 0 aliphatic heterocycles. The number of nitrogens with zero attached hydrogens (tertiary/aromatic N) is 1. The first-order valence-corrected chi connectivity index (χ1v) is 5.47. The van der Waals surface area contributed by atoms with Gasteiger partial charge in [0.05, 0.1) is 6.61 Å². The van der Waals surface area contributed by atoms with Gasteiger partial charge < -0.3 is 10.0 Å². The largest absolute Gasteiger partial charge is 0.392 e. The SMILES string of the molecule is C=C(C)CN(CC)c1c(F)cc(CO)cc1F. The van der Waals surface area contributed by atoms with Gasteiger partial charge in [-0.05, 0) is 31.5 Å². The zero-order chi connectivity index (χ0) is 13.0. The monoisotopic (exact) mass is 241 g/mol. The minimum absolute atomic E-state index is 0.0623. The molecule has 0 radical (unpaired) electrons. The first kappa shape index (κ1) is 13.6. The van der Waals surface area contributed by atoms with Crippen molar-refractivity contribution in [2.24, 2.45) is 0 Å². The van der Waals surface area contributed by atoms with Gasteiger partial charge in [0.2, 0.25) is 0 Å². The lowest BCUT2D eigenvalue weighted by Gasteiger charge is -2.24. The molecule has 0 bridgehead atoms. The Morgan fingerprint density at radius 1 is 1.35 bits per heavy atom. The van der Waals surface area contributed by atoms with Crippen LogP contribution in [0.25, 0.3) is 0 Å². The molecule has 0 unspecified atom stereocenters. The minimum Gasteiger partial charge on any atom is -0.392 e. The Hall–Kier alpha value is -1.42. The Morgan fingerprint density at radius 2 is 1.88 bits per heavy atom. The number of likely N-dealkylation sites (N-methyl/N-ethyl adjacent to an activating group) is 1. The molecule has 17 heavy (non-hydrogen) atoms. The molecule has 0 heterocycles. The molecule has 1 aromatic carbocycles. The highest BCUT2D eigenvalue weighted by Crippen LogP contribution is 2.25. The Bertz CT molecular complexity index is 395. The minimum atomic E-state index is -0.655. The third kappa shape index (κ3) is 3.27. The Labute approximate surface area is 100 Å². The molecule has 1 N–H and O–H groups in total. The van der Waals surface area contributed by atoms with Gasteiger partial charge in [-0.15, -0.1) is 0 Å². The fourth-order valence-electron chi connectivity index (χ4n) is 1.69. The number of halogens is 2. The van der Waals surface area contributed by atoms with Crippen LogP contribution in [0.2, 0.25) is 0 Å². The summed E-state index contributed by atoms with van der Waals surface area (Å²) < 4.78 is 27.5. The van der Waals surface area contributed by atoms with E-state index >= 15 is 0 Å². The van der Waals surface area contributed by atoms with E-state index in [1.165, 1.54) is 0 Å². The van der Waals surface area contributed by atoms with Crippen molar-refractivity contribution in [1.82, 2.24) is 0 Å². The molecule has 1 rings (SSSR count). The summed E-state index contributed by atoms with van der Waals surface area (Å²) in [7, 11) is 0. The highest BCUT2D eigenvalue weighted by Gasteiger charge is 2.16. The number of rotatable bonds is 5. The van der Waals surface area contributed by atoms with Gasteiger partial charge in [-0.1, -0.05) is 12.2 Å². The van der Waals surface area contributed by atoms with Crippen LogP contribution in [0.3, 0.4) is 0 Å². The van der Waals surface area contributed by atoms with Gasteiger partial charge in [0.15, 0.2) is 0 Å². The molecule has 0 aromatic heterocycles. The molecule has 0 saturated heterocycles. The van der Waals surface area contributed by atoms with Crippen molar-refractivity contribution in [3.05, 3.63) is 41.5 Å². The molecular weight excluding hydrogens is 224 g/mol. The maximum atomic E-state index is 13.8. The third-order valence-electron chi connectivity index (χ3n) is 2.42. The van der Waals surface area contributed by atoms with Gasteiger partial charge in [0.1, 0.15) is 17.3 Å². The van der Waals surface area contributed by atoms with Crippen molar-refractivity contribution in [3.63, 3.8) is 0 Å². The number of aliphatic hydroxyl groups excluding tert-OH is 1. The predicted octanol–water partition coefficient (Wildman–Crippen LogP) is 2.86. The average Bonchev–Trinajstić information content (AvgIpc) is 2.25. The van der Waals surface area contributed by atoms with E-state index in [0.717, 1.165) is 17.7 Å². The van der Waals surface area contributed by atoms with Crippen molar-refractivity contribution >= 4 is 5.69 Å². The number of anilines is 1. The molecule has 0 saturated carbocycles. The molecule has 0 atom stereocenters. The molecule has 4 heteroatoms. The number of hydrogen-bond acceptors (Lipinski definition) is 2. The van der Waals surface area contributed by atoms with Gasteiger partial charge in [-0.3, -0.25) is 0 Å². The van der Waals surface area contributed by atoms with E-state index in [2.05, 4.69) is 6.58 Å². The highest BCUT2D eigenvalue weighted by atomic mass is 19.1. The van der Waals surface area contributed by atoms with E-state index < -0.39 is 11.6 Å². The third-order valence-corrected chi connectivity index (χ3v) is 2.42. The van der Waals surface area contributed by atoms with Gasteiger partial charge in [0, 0.05) is 13.1 Å². The summed E-state index contributed by atoms with van der Waals surface area (Å²) in [5, 5.41) is 8.86. The second-order valence-electron chi connectivity index (χ2n) is 4.04. The Balaban J connectivity index is 3.15. The van der Waals surface area contributed by atoms with Crippen LogP contribution in [0.4, 0.5) is 14.5 Å². The van der Waals surface area contributed by atoms with Gasteiger partial charge in [0.25, 0.3) is 0 Å². The fraction of sp³-hybridized carbons (Fsp3) is 0.385. The summed E-state index contributed by atoms with van der Waals surface area (Å²) in [4.78, 5) is 1.58. The second-order valence-corrected chi connectivity index (χ2v) is 4.04. The summed E-state index contributed by atoms with van der Waals surface area (Å²) in [6.07, 6.45) is 0. The maximum absolute atomic E-state index is 13.8. The zero-order valence-electron chi connectivity index (χ0n) is 10.1. The smallest absolute Gasteiger partial charge is 0.149 e. The zero-order valence-corrected chi connectivity index (χ0v) is 10.1. The van der Waals surface area contributed by atoms with Gasteiger partial charge >= 0.3 is 0 Å². The molecule has 0 spiro atoms. The molecule has 2 nitrogen and oxygen atoms in total. The molecule has 1 aromatic rings. The molecule has 0 amide bonds. The first-order valence-electron chi connectivity index (χ1n) is 5.47. The van der Waals surface area contributed by atoms with E-state index in [4.69, 9.17) is 5.11 Å². The molecule has 0 aliphatic carbocycles. The van der Waals surface area contributed by atoms with Crippen LogP contribution in [-0.4, -0.2) is 18.2 Å². The summed E-state index contributed by atoms with van der Waals surface area (Å²) in [6, 6.07) is 2.30. The molecule has 0 aliphatic rings. The molecular formula is C13H17F2NO. The molecule has 0 fully saturated rings. The van der Waals surface area contributed by atoms with Gasteiger partial charge in [-0.25, -0.2) is 8.78 Å². The lowest BCUT2D eigenvalue weighted by atomic mass is 10.1. The van der Waals surface area contributed by atoms with E-state index in [-0.39, 0.29) is 17.9 Å². The van der Waals surface area contributed by atoms with E-state index in [0.29, 0.717) is 13.1 Å². The maximum Gasteiger partial charge on any atom is 0.149 e. The number of hydrogen-bond donors (Lipinski definition) is 1. The summed E-state index contributed by atoms with van der Waals surface area (Å²) in [6.45, 7) is 7.88. The van der Waals surface area contributed by atoms with E-state index in [1.54, 1.807) is 11.8 Å². The van der Waals surface area contributed by atoms with Crippen molar-refractivity contribution in [1.29, 1.82) is 0 Å². The predicted molar refractivity (Wildman–Crippen MR) is 65.0 cm³/mol. The fourth-order valence-corrected chi connectivity index (χ4v) is 1.69. The van der Waals surface area contributed by atoms with Crippen LogP contribution in [-0.2, 0) is 6.61 Å². The normalized spacial score (nSPS) is 10.4.